The third-order valence-corrected chi connectivity index (χ3v) is 3.32. The number of aryl methyl sites for hydroxylation is 1. The summed E-state index contributed by atoms with van der Waals surface area (Å²) in [5, 5.41) is 0. The van der Waals surface area contributed by atoms with Crippen molar-refractivity contribution >= 4 is 11.9 Å². The van der Waals surface area contributed by atoms with Crippen molar-refractivity contribution in [3.8, 4) is 0 Å². The van der Waals surface area contributed by atoms with Gasteiger partial charge in [-0.05, 0) is 44.7 Å². The smallest absolute Gasteiger partial charge is 0.320 e. The van der Waals surface area contributed by atoms with Gasteiger partial charge in [-0.25, -0.2) is 0 Å². The molecule has 5 nitrogen and oxygen atoms in total. The summed E-state index contributed by atoms with van der Waals surface area (Å²) in [6.07, 6.45) is 7.80. The molecule has 0 N–H and O–H groups in total. The van der Waals surface area contributed by atoms with E-state index in [2.05, 4.69) is 4.98 Å². The molecule has 0 aliphatic rings. The molecule has 0 atom stereocenters. The highest BCUT2D eigenvalue weighted by molar-refractivity contribution is 5.94. The van der Waals surface area contributed by atoms with Crippen LogP contribution in [0, 0.1) is 5.92 Å². The fraction of sp³-hybridized carbons (Fsp3) is 0.588. The summed E-state index contributed by atoms with van der Waals surface area (Å²) in [5.41, 5.74) is 1.20. The van der Waals surface area contributed by atoms with Gasteiger partial charge in [0.2, 0.25) is 0 Å². The molecule has 1 rings (SSSR count). The van der Waals surface area contributed by atoms with Crippen molar-refractivity contribution in [2.45, 2.75) is 46.0 Å². The van der Waals surface area contributed by atoms with Crippen LogP contribution in [0.1, 0.15) is 45.1 Å². The molecule has 0 aromatic carbocycles. The highest BCUT2D eigenvalue weighted by Gasteiger charge is 2.28. The van der Waals surface area contributed by atoms with Gasteiger partial charge in [0.25, 0.3) is 0 Å². The van der Waals surface area contributed by atoms with E-state index < -0.39 is 17.9 Å². The Bertz CT molecular complexity index is 429. The number of pyridine rings is 1. The number of carbonyl (C=O) groups excluding carboxylic acids is 2. The maximum atomic E-state index is 11.8. The lowest BCUT2D eigenvalue weighted by molar-refractivity contribution is -0.161. The molecular weight excluding hydrogens is 282 g/mol. The Morgan fingerprint density at radius 1 is 1.09 bits per heavy atom. The molecule has 0 aliphatic heterocycles. The van der Waals surface area contributed by atoms with Crippen molar-refractivity contribution in [1.29, 1.82) is 0 Å². The van der Waals surface area contributed by atoms with E-state index in [1.165, 1.54) is 5.56 Å². The van der Waals surface area contributed by atoms with E-state index in [9.17, 15) is 9.59 Å². The number of nitrogens with zero attached hydrogens (tertiary/aromatic N) is 1. The first-order chi connectivity index (χ1) is 10.7. The number of hydrogen-bond donors (Lipinski definition) is 0. The van der Waals surface area contributed by atoms with E-state index in [0.717, 1.165) is 25.7 Å². The van der Waals surface area contributed by atoms with Crippen molar-refractivity contribution in [1.82, 2.24) is 4.98 Å². The molecule has 5 heteroatoms. The third kappa shape index (κ3) is 6.70. The number of hydrogen-bond acceptors (Lipinski definition) is 5. The molecule has 0 spiro atoms. The van der Waals surface area contributed by atoms with Gasteiger partial charge in [0.1, 0.15) is 0 Å². The van der Waals surface area contributed by atoms with Crippen LogP contribution in [0.15, 0.2) is 24.5 Å². The van der Waals surface area contributed by atoms with Crippen LogP contribution in [0.3, 0.4) is 0 Å². The minimum absolute atomic E-state index is 0.274. The van der Waals surface area contributed by atoms with E-state index in [-0.39, 0.29) is 13.2 Å². The molecule has 0 amide bonds. The Kier molecular flexibility index (Phi) is 8.88. The molecule has 0 bridgehead atoms. The molecule has 22 heavy (non-hydrogen) atoms. The van der Waals surface area contributed by atoms with Crippen molar-refractivity contribution < 1.29 is 19.1 Å². The van der Waals surface area contributed by atoms with E-state index in [1.807, 2.05) is 18.3 Å². The zero-order valence-electron chi connectivity index (χ0n) is 13.4. The molecule has 1 aromatic rings. The fourth-order valence-corrected chi connectivity index (χ4v) is 2.22. The topological polar surface area (TPSA) is 65.5 Å². The highest BCUT2D eigenvalue weighted by atomic mass is 16.6. The fourth-order valence-electron chi connectivity index (χ4n) is 2.22. The molecular formula is C17H25NO4. The van der Waals surface area contributed by atoms with E-state index in [1.54, 1.807) is 20.0 Å². The Hall–Kier alpha value is -1.91. The maximum absolute atomic E-state index is 11.8. The Morgan fingerprint density at radius 2 is 1.77 bits per heavy atom. The van der Waals surface area contributed by atoms with Crippen molar-refractivity contribution in [3.05, 3.63) is 30.1 Å². The van der Waals surface area contributed by atoms with Gasteiger partial charge in [-0.1, -0.05) is 18.9 Å². The SMILES string of the molecule is CCOC(=O)C(CCCCCc1cccnc1)C(=O)OCC. The molecule has 0 unspecified atom stereocenters. The van der Waals surface area contributed by atoms with E-state index in [4.69, 9.17) is 9.47 Å². The largest absolute Gasteiger partial charge is 0.465 e. The number of aromatic nitrogens is 1. The lowest BCUT2D eigenvalue weighted by Gasteiger charge is -2.14. The van der Waals surface area contributed by atoms with Gasteiger partial charge in [-0.3, -0.25) is 14.6 Å². The monoisotopic (exact) mass is 307 g/mol. The Labute approximate surface area is 132 Å². The van der Waals surface area contributed by atoms with Gasteiger partial charge >= 0.3 is 11.9 Å². The zero-order chi connectivity index (χ0) is 16.2. The Morgan fingerprint density at radius 3 is 2.32 bits per heavy atom. The van der Waals surface area contributed by atoms with Crippen LogP contribution in [0.2, 0.25) is 0 Å². The second-order valence-electron chi connectivity index (χ2n) is 5.02. The summed E-state index contributed by atoms with van der Waals surface area (Å²) < 4.78 is 9.90. The number of esters is 2. The summed E-state index contributed by atoms with van der Waals surface area (Å²) in [6.45, 7) is 4.01. The van der Waals surface area contributed by atoms with Crippen LogP contribution >= 0.6 is 0 Å². The highest BCUT2D eigenvalue weighted by Crippen LogP contribution is 2.15. The van der Waals surface area contributed by atoms with E-state index >= 15 is 0 Å². The van der Waals surface area contributed by atoms with Crippen LogP contribution in [0.5, 0.6) is 0 Å². The molecule has 0 saturated carbocycles. The molecule has 1 heterocycles. The second kappa shape index (κ2) is 10.8. The van der Waals surface area contributed by atoms with Crippen molar-refractivity contribution in [2.24, 2.45) is 5.92 Å². The third-order valence-electron chi connectivity index (χ3n) is 3.32. The predicted octanol–water partition coefficient (Wildman–Crippen LogP) is 2.93. The number of carbonyl (C=O) groups is 2. The minimum Gasteiger partial charge on any atom is -0.465 e. The van der Waals surface area contributed by atoms with Gasteiger partial charge < -0.3 is 9.47 Å². The average molecular weight is 307 g/mol. The lowest BCUT2D eigenvalue weighted by atomic mass is 10.00. The van der Waals surface area contributed by atoms with Crippen LogP contribution < -0.4 is 0 Å². The Balaban J connectivity index is 2.33. The van der Waals surface area contributed by atoms with Crippen molar-refractivity contribution in [2.75, 3.05) is 13.2 Å². The van der Waals surface area contributed by atoms with Crippen LogP contribution in [0.25, 0.3) is 0 Å². The summed E-state index contributed by atoms with van der Waals surface area (Å²) in [6, 6.07) is 3.97. The molecule has 0 radical (unpaired) electrons. The van der Waals surface area contributed by atoms with E-state index in [0.29, 0.717) is 6.42 Å². The van der Waals surface area contributed by atoms with Crippen LogP contribution in [0.4, 0.5) is 0 Å². The van der Waals surface area contributed by atoms with Crippen LogP contribution in [-0.4, -0.2) is 30.1 Å². The molecule has 1 aromatic heterocycles. The maximum Gasteiger partial charge on any atom is 0.320 e. The minimum atomic E-state index is -0.793. The molecule has 122 valence electrons. The number of ether oxygens (including phenoxy) is 2. The summed E-state index contributed by atoms with van der Waals surface area (Å²) in [5.74, 6) is -1.75. The number of rotatable bonds is 10. The van der Waals surface area contributed by atoms with Gasteiger partial charge in [-0.15, -0.1) is 0 Å². The molecule has 0 fully saturated rings. The first-order valence-electron chi connectivity index (χ1n) is 7.91. The summed E-state index contributed by atoms with van der Waals surface area (Å²) >= 11 is 0. The zero-order valence-corrected chi connectivity index (χ0v) is 13.4. The first kappa shape index (κ1) is 18.1. The van der Waals surface area contributed by atoms with Crippen LogP contribution in [-0.2, 0) is 25.5 Å². The lowest BCUT2D eigenvalue weighted by Crippen LogP contribution is -2.28. The van der Waals surface area contributed by atoms with Gasteiger partial charge in [0, 0.05) is 12.4 Å². The number of unbranched alkanes of at least 4 members (excludes halogenated alkanes) is 2. The quantitative estimate of drug-likeness (QED) is 0.378. The van der Waals surface area contributed by atoms with Gasteiger partial charge in [0.15, 0.2) is 5.92 Å². The van der Waals surface area contributed by atoms with Gasteiger partial charge in [-0.2, -0.15) is 0 Å². The van der Waals surface area contributed by atoms with Crippen molar-refractivity contribution in [3.63, 3.8) is 0 Å². The molecule has 0 saturated heterocycles. The summed E-state index contributed by atoms with van der Waals surface area (Å²) in [7, 11) is 0. The predicted molar refractivity (Wildman–Crippen MR) is 83.2 cm³/mol. The standard InChI is InChI=1S/C17H25NO4/c1-3-21-16(19)15(17(20)22-4-2)11-7-5-6-9-14-10-8-12-18-13-14/h8,10,12-13,15H,3-7,9,11H2,1-2H3. The average Bonchev–Trinajstić information content (AvgIpc) is 2.52. The molecule has 0 aliphatic carbocycles. The summed E-state index contributed by atoms with van der Waals surface area (Å²) in [4.78, 5) is 27.7. The second-order valence-corrected chi connectivity index (χ2v) is 5.02. The normalized spacial score (nSPS) is 10.5. The van der Waals surface area contributed by atoms with Gasteiger partial charge in [0.05, 0.1) is 13.2 Å². The first-order valence-corrected chi connectivity index (χ1v) is 7.91.